The molecule has 0 saturated carbocycles. The summed E-state index contributed by atoms with van der Waals surface area (Å²) >= 11 is 1.41. The number of hydrogen-bond donors (Lipinski definition) is 1. The summed E-state index contributed by atoms with van der Waals surface area (Å²) in [5.41, 5.74) is 3.24. The van der Waals surface area contributed by atoms with Gasteiger partial charge in [0.2, 0.25) is 0 Å². The van der Waals surface area contributed by atoms with Gasteiger partial charge in [0.1, 0.15) is 34.0 Å². The Kier molecular flexibility index (Phi) is 7.69. The van der Waals surface area contributed by atoms with Crippen LogP contribution in [0.1, 0.15) is 63.8 Å². The molecule has 0 aliphatic heterocycles. The fraction of sp³-hybridized carbons (Fsp3) is 0.393. The van der Waals surface area contributed by atoms with Crippen molar-refractivity contribution in [3.05, 3.63) is 53.1 Å². The summed E-state index contributed by atoms with van der Waals surface area (Å²) in [4.78, 5) is 25.8. The first-order chi connectivity index (χ1) is 18.0. The number of fused-ring (bicyclic) bond motifs is 1. The van der Waals surface area contributed by atoms with Crippen LogP contribution in [0.3, 0.4) is 0 Å². The molecule has 0 bridgehead atoms. The minimum atomic E-state index is -1.10. The van der Waals surface area contributed by atoms with Crippen molar-refractivity contribution in [1.29, 1.82) is 5.26 Å². The van der Waals surface area contributed by atoms with Crippen molar-refractivity contribution in [2.24, 2.45) is 0 Å². The van der Waals surface area contributed by atoms with Crippen LogP contribution in [-0.2, 0) is 16.0 Å². The predicted octanol–water partition coefficient (Wildman–Crippen LogP) is 5.84. The lowest BCUT2D eigenvalue weighted by Gasteiger charge is -2.31. The van der Waals surface area contributed by atoms with Crippen molar-refractivity contribution >= 4 is 23.4 Å². The lowest BCUT2D eigenvalue weighted by Crippen LogP contribution is -2.41. The van der Waals surface area contributed by atoms with Gasteiger partial charge < -0.3 is 14.6 Å². The number of carboxylic acids is 1. The Balaban J connectivity index is 1.65. The summed E-state index contributed by atoms with van der Waals surface area (Å²) in [6, 6.07) is 12.9. The molecule has 9 nitrogen and oxygen atoms in total. The minimum absolute atomic E-state index is 0.0492. The predicted molar refractivity (Wildman–Crippen MR) is 143 cm³/mol. The molecule has 1 N–H and O–H groups in total. The maximum Gasteiger partial charge on any atom is 0.411 e. The average Bonchev–Trinajstić information content (AvgIpc) is 3.49. The van der Waals surface area contributed by atoms with Gasteiger partial charge in [0.05, 0.1) is 17.7 Å². The van der Waals surface area contributed by atoms with E-state index in [0.29, 0.717) is 34.2 Å². The number of rotatable bonds is 7. The van der Waals surface area contributed by atoms with E-state index < -0.39 is 30.3 Å². The van der Waals surface area contributed by atoms with Gasteiger partial charge in [-0.05, 0) is 76.8 Å². The highest BCUT2D eigenvalue weighted by atomic mass is 32.1. The smallest absolute Gasteiger partial charge is 0.411 e. The van der Waals surface area contributed by atoms with Crippen molar-refractivity contribution in [3.8, 4) is 33.0 Å². The third-order valence-corrected chi connectivity index (χ3v) is 6.92. The van der Waals surface area contributed by atoms with Crippen LogP contribution in [0.2, 0.25) is 0 Å². The monoisotopic (exact) mass is 534 g/mol. The zero-order chi connectivity index (χ0) is 27.6. The van der Waals surface area contributed by atoms with Crippen molar-refractivity contribution in [3.63, 3.8) is 0 Å². The molecule has 0 spiro atoms. The number of hydrogen-bond acceptors (Lipinski definition) is 8. The number of carbonyl (C=O) groups excluding carboxylic acids is 1. The molecule has 0 radical (unpaired) electrons. The van der Waals surface area contributed by atoms with Crippen LogP contribution < -0.4 is 4.74 Å². The summed E-state index contributed by atoms with van der Waals surface area (Å²) < 4.78 is 11.2. The quantitative estimate of drug-likeness (QED) is 0.401. The van der Waals surface area contributed by atoms with Gasteiger partial charge in [-0.1, -0.05) is 29.5 Å². The molecule has 1 atom stereocenters. The van der Waals surface area contributed by atoms with Gasteiger partial charge in [-0.15, -0.1) is 10.2 Å². The summed E-state index contributed by atoms with van der Waals surface area (Å²) in [6.45, 7) is 8.61. The van der Waals surface area contributed by atoms with Crippen molar-refractivity contribution < 1.29 is 24.2 Å². The minimum Gasteiger partial charge on any atom is -0.490 e. The number of aromatic nitrogens is 2. The lowest BCUT2D eigenvalue weighted by molar-refractivity contribution is -0.138. The van der Waals surface area contributed by atoms with Crippen LogP contribution in [0.5, 0.6) is 5.75 Å². The summed E-state index contributed by atoms with van der Waals surface area (Å²) in [6.07, 6.45) is 0.531. The molecule has 0 saturated heterocycles. The van der Waals surface area contributed by atoms with E-state index in [0.717, 1.165) is 22.3 Å². The third-order valence-electron chi connectivity index (χ3n) is 5.91. The number of nitrogens with zero attached hydrogens (tertiary/aromatic N) is 4. The topological polar surface area (TPSA) is 126 Å². The second-order valence-electron chi connectivity index (χ2n) is 10.3. The van der Waals surface area contributed by atoms with E-state index in [4.69, 9.17) is 9.47 Å². The first-order valence-corrected chi connectivity index (χ1v) is 13.2. The van der Waals surface area contributed by atoms with E-state index in [9.17, 15) is 20.0 Å². The molecule has 1 aromatic heterocycles. The summed E-state index contributed by atoms with van der Waals surface area (Å²) in [7, 11) is 0. The van der Waals surface area contributed by atoms with Gasteiger partial charge in [-0.3, -0.25) is 9.69 Å². The molecule has 4 rings (SSSR count). The number of benzene rings is 2. The third kappa shape index (κ3) is 5.94. The largest absolute Gasteiger partial charge is 0.490 e. The molecule has 2 aromatic carbocycles. The second-order valence-corrected chi connectivity index (χ2v) is 11.3. The molecular weight excluding hydrogens is 504 g/mol. The molecule has 1 aliphatic carbocycles. The Hall–Kier alpha value is -3.97. The summed E-state index contributed by atoms with van der Waals surface area (Å²) in [5.74, 6) is -0.574. The molecule has 3 aromatic rings. The van der Waals surface area contributed by atoms with E-state index in [2.05, 4.69) is 16.3 Å². The standard InChI is InChI=1S/C28H30N4O5S/c1-16(2)36-23-12-9-17(13-18(23)14-29)25-30-31-26(38-25)21-8-6-7-20-19(21)10-11-22(20)32(15-24(33)34)27(35)37-28(3,4)5/h6-9,12-13,16,22H,10-11,15H2,1-5H3,(H,33,34). The van der Waals surface area contributed by atoms with E-state index in [1.807, 2.05) is 38.1 Å². The summed E-state index contributed by atoms with van der Waals surface area (Å²) in [5, 5.41) is 29.2. The van der Waals surface area contributed by atoms with Gasteiger partial charge in [0.15, 0.2) is 0 Å². The van der Waals surface area contributed by atoms with E-state index >= 15 is 0 Å². The number of nitriles is 1. The lowest BCUT2D eigenvalue weighted by atomic mass is 10.0. The number of ether oxygens (including phenoxy) is 2. The molecule has 10 heteroatoms. The number of aliphatic carboxylic acids is 1. The highest BCUT2D eigenvalue weighted by Gasteiger charge is 2.36. The van der Waals surface area contributed by atoms with Crippen molar-refractivity contribution in [2.45, 2.75) is 65.2 Å². The maximum atomic E-state index is 12.9. The first kappa shape index (κ1) is 27.1. The maximum absolute atomic E-state index is 12.9. The highest BCUT2D eigenvalue weighted by molar-refractivity contribution is 7.17. The van der Waals surface area contributed by atoms with Gasteiger partial charge in [0, 0.05) is 11.1 Å². The SMILES string of the molecule is CC(C)Oc1ccc(-c2nnc(-c3cccc4c3CCC4N(CC(=O)O)C(=O)OC(C)(C)C)s2)cc1C#N. The molecule has 1 heterocycles. The second kappa shape index (κ2) is 10.8. The van der Waals surface area contributed by atoms with Crippen LogP contribution in [-0.4, -0.2) is 50.5 Å². The molecule has 1 unspecified atom stereocenters. The fourth-order valence-corrected chi connectivity index (χ4v) is 5.37. The average molecular weight is 535 g/mol. The Morgan fingerprint density at radius 2 is 1.95 bits per heavy atom. The molecule has 38 heavy (non-hydrogen) atoms. The number of carboxylic acid groups (broad SMARTS) is 1. The zero-order valence-electron chi connectivity index (χ0n) is 22.0. The van der Waals surface area contributed by atoms with E-state index in [-0.39, 0.29) is 6.10 Å². The zero-order valence-corrected chi connectivity index (χ0v) is 22.8. The van der Waals surface area contributed by atoms with E-state index in [1.165, 1.54) is 16.2 Å². The number of amides is 1. The normalized spacial score (nSPS) is 14.6. The van der Waals surface area contributed by atoms with Gasteiger partial charge in [-0.25, -0.2) is 4.79 Å². The highest BCUT2D eigenvalue weighted by Crippen LogP contribution is 2.42. The van der Waals surface area contributed by atoms with E-state index in [1.54, 1.807) is 32.9 Å². The van der Waals surface area contributed by atoms with Crippen LogP contribution in [0.25, 0.3) is 21.1 Å². The molecular formula is C28H30N4O5S. The Morgan fingerprint density at radius 1 is 1.21 bits per heavy atom. The molecule has 1 amide bonds. The van der Waals surface area contributed by atoms with Gasteiger partial charge in [-0.2, -0.15) is 5.26 Å². The number of carbonyl (C=O) groups is 2. The van der Waals surface area contributed by atoms with Crippen molar-refractivity contribution in [1.82, 2.24) is 15.1 Å². The van der Waals surface area contributed by atoms with Crippen LogP contribution in [0, 0.1) is 11.3 Å². The Morgan fingerprint density at radius 3 is 2.61 bits per heavy atom. The molecule has 0 fully saturated rings. The fourth-order valence-electron chi connectivity index (χ4n) is 4.48. The molecule has 198 valence electrons. The van der Waals surface area contributed by atoms with Crippen LogP contribution in [0.4, 0.5) is 4.79 Å². The van der Waals surface area contributed by atoms with Crippen LogP contribution >= 0.6 is 11.3 Å². The first-order valence-electron chi connectivity index (χ1n) is 12.3. The molecule has 1 aliphatic rings. The van der Waals surface area contributed by atoms with Crippen molar-refractivity contribution in [2.75, 3.05) is 6.54 Å². The van der Waals surface area contributed by atoms with Gasteiger partial charge >= 0.3 is 12.1 Å². The van der Waals surface area contributed by atoms with Gasteiger partial charge in [0.25, 0.3) is 0 Å². The Bertz CT molecular complexity index is 1400. The van der Waals surface area contributed by atoms with Crippen LogP contribution in [0.15, 0.2) is 36.4 Å². The Labute approximate surface area is 225 Å².